The van der Waals surface area contributed by atoms with Crippen LogP contribution in [0.15, 0.2) is 30.3 Å². The molecule has 0 radical (unpaired) electrons. The molecule has 0 aliphatic rings. The van der Waals surface area contributed by atoms with Crippen molar-refractivity contribution in [2.24, 2.45) is 0 Å². The first-order valence-electron chi connectivity index (χ1n) is 6.14. The maximum atomic E-state index is 5.89. The number of anilines is 2. The van der Waals surface area contributed by atoms with Crippen molar-refractivity contribution >= 4 is 23.2 Å². The second-order valence-electron chi connectivity index (χ2n) is 4.35. The fourth-order valence-corrected chi connectivity index (χ4v) is 1.95. The number of nitrogens with zero attached hydrogens (tertiary/aromatic N) is 2. The first-order chi connectivity index (χ1) is 9.08. The molecule has 0 aliphatic heterocycles. The standard InChI is InChI=1S/C14H17ClN4/c1-9(11-4-6-12(15)7-5-11)17-14-8-13(16-3)18-10(2)19-14/h4-9H,1-3H3,(H2,16,17,18,19). The van der Waals surface area contributed by atoms with Crippen molar-refractivity contribution in [3.63, 3.8) is 0 Å². The Labute approximate surface area is 118 Å². The molecule has 1 atom stereocenters. The van der Waals surface area contributed by atoms with Crippen molar-refractivity contribution < 1.29 is 0 Å². The minimum absolute atomic E-state index is 0.149. The Morgan fingerprint density at radius 1 is 1.11 bits per heavy atom. The number of benzene rings is 1. The van der Waals surface area contributed by atoms with Crippen molar-refractivity contribution in [3.8, 4) is 0 Å². The molecule has 2 rings (SSSR count). The van der Waals surface area contributed by atoms with Crippen LogP contribution in [0, 0.1) is 6.92 Å². The molecule has 0 bridgehead atoms. The molecule has 1 unspecified atom stereocenters. The van der Waals surface area contributed by atoms with Gasteiger partial charge in [0, 0.05) is 24.2 Å². The minimum atomic E-state index is 0.149. The van der Waals surface area contributed by atoms with Crippen molar-refractivity contribution in [2.45, 2.75) is 19.9 Å². The highest BCUT2D eigenvalue weighted by molar-refractivity contribution is 6.30. The molecule has 5 heteroatoms. The molecule has 0 fully saturated rings. The van der Waals surface area contributed by atoms with E-state index in [9.17, 15) is 0 Å². The normalized spacial score (nSPS) is 12.0. The van der Waals surface area contributed by atoms with E-state index in [0.29, 0.717) is 0 Å². The summed E-state index contributed by atoms with van der Waals surface area (Å²) in [6.07, 6.45) is 0. The third-order valence-corrected chi connectivity index (χ3v) is 3.08. The Morgan fingerprint density at radius 3 is 2.37 bits per heavy atom. The van der Waals surface area contributed by atoms with E-state index < -0.39 is 0 Å². The van der Waals surface area contributed by atoms with E-state index in [1.54, 1.807) is 0 Å². The lowest BCUT2D eigenvalue weighted by atomic mass is 10.1. The van der Waals surface area contributed by atoms with E-state index >= 15 is 0 Å². The van der Waals surface area contributed by atoms with E-state index in [1.165, 1.54) is 0 Å². The van der Waals surface area contributed by atoms with E-state index in [4.69, 9.17) is 11.6 Å². The van der Waals surface area contributed by atoms with Gasteiger partial charge in [0.1, 0.15) is 17.5 Å². The minimum Gasteiger partial charge on any atom is -0.373 e. The summed E-state index contributed by atoms with van der Waals surface area (Å²) in [6, 6.07) is 9.83. The molecule has 2 N–H and O–H groups in total. The first kappa shape index (κ1) is 13.6. The van der Waals surface area contributed by atoms with Crippen LogP contribution in [0.3, 0.4) is 0 Å². The number of aryl methyl sites for hydroxylation is 1. The van der Waals surface area contributed by atoms with Gasteiger partial charge in [-0.1, -0.05) is 23.7 Å². The number of hydrogen-bond donors (Lipinski definition) is 2. The van der Waals surface area contributed by atoms with Crippen molar-refractivity contribution in [1.29, 1.82) is 0 Å². The average Bonchev–Trinajstić information content (AvgIpc) is 2.38. The Morgan fingerprint density at radius 2 is 1.74 bits per heavy atom. The summed E-state index contributed by atoms with van der Waals surface area (Å²) in [4.78, 5) is 8.64. The Balaban J connectivity index is 2.16. The zero-order chi connectivity index (χ0) is 13.8. The number of nitrogens with one attached hydrogen (secondary N) is 2. The van der Waals surface area contributed by atoms with Crippen LogP contribution in [0.5, 0.6) is 0 Å². The van der Waals surface area contributed by atoms with Crippen LogP contribution >= 0.6 is 11.6 Å². The van der Waals surface area contributed by atoms with Crippen LogP contribution in [0.4, 0.5) is 11.6 Å². The summed E-state index contributed by atoms with van der Waals surface area (Å²) in [5, 5.41) is 7.12. The molecule has 2 aromatic rings. The fraction of sp³-hybridized carbons (Fsp3) is 0.286. The number of rotatable bonds is 4. The van der Waals surface area contributed by atoms with Crippen LogP contribution in [0.25, 0.3) is 0 Å². The van der Waals surface area contributed by atoms with Gasteiger partial charge in [-0.3, -0.25) is 0 Å². The van der Waals surface area contributed by atoms with Gasteiger partial charge in [-0.15, -0.1) is 0 Å². The second kappa shape index (κ2) is 5.89. The molecule has 1 aromatic heterocycles. The topological polar surface area (TPSA) is 49.8 Å². The molecule has 4 nitrogen and oxygen atoms in total. The van der Waals surface area contributed by atoms with E-state index in [1.807, 2.05) is 44.3 Å². The van der Waals surface area contributed by atoms with Crippen LogP contribution in [-0.2, 0) is 0 Å². The number of hydrogen-bond acceptors (Lipinski definition) is 4. The van der Waals surface area contributed by atoms with Gasteiger partial charge in [-0.2, -0.15) is 0 Å². The monoisotopic (exact) mass is 276 g/mol. The molecule has 0 spiro atoms. The molecule has 0 saturated heterocycles. The van der Waals surface area contributed by atoms with Gasteiger partial charge in [0.25, 0.3) is 0 Å². The van der Waals surface area contributed by atoms with Crippen LogP contribution < -0.4 is 10.6 Å². The zero-order valence-corrected chi connectivity index (χ0v) is 12.0. The predicted octanol–water partition coefficient (Wildman–Crippen LogP) is 3.65. The summed E-state index contributed by atoms with van der Waals surface area (Å²) < 4.78 is 0. The van der Waals surface area contributed by atoms with Gasteiger partial charge in [-0.05, 0) is 31.5 Å². The third-order valence-electron chi connectivity index (χ3n) is 2.83. The molecule has 1 heterocycles. The maximum absolute atomic E-state index is 5.89. The van der Waals surface area contributed by atoms with Gasteiger partial charge in [-0.25, -0.2) is 9.97 Å². The zero-order valence-electron chi connectivity index (χ0n) is 11.2. The molecule has 1 aromatic carbocycles. The van der Waals surface area contributed by atoms with Gasteiger partial charge in [0.2, 0.25) is 0 Å². The lowest BCUT2D eigenvalue weighted by molar-refractivity contribution is 0.867. The van der Waals surface area contributed by atoms with Crippen LogP contribution in [-0.4, -0.2) is 17.0 Å². The first-order valence-corrected chi connectivity index (χ1v) is 6.51. The van der Waals surface area contributed by atoms with E-state index in [-0.39, 0.29) is 6.04 Å². The van der Waals surface area contributed by atoms with Crippen molar-refractivity contribution in [1.82, 2.24) is 9.97 Å². The number of halogens is 1. The summed E-state index contributed by atoms with van der Waals surface area (Å²) in [5.74, 6) is 2.34. The summed E-state index contributed by atoms with van der Waals surface area (Å²) in [6.45, 7) is 3.96. The summed E-state index contributed by atoms with van der Waals surface area (Å²) >= 11 is 5.89. The third kappa shape index (κ3) is 3.58. The van der Waals surface area contributed by atoms with Crippen LogP contribution in [0.2, 0.25) is 5.02 Å². The van der Waals surface area contributed by atoms with Gasteiger partial charge < -0.3 is 10.6 Å². The van der Waals surface area contributed by atoms with Gasteiger partial charge >= 0.3 is 0 Å². The lowest BCUT2D eigenvalue weighted by Gasteiger charge is -2.16. The van der Waals surface area contributed by atoms with E-state index in [2.05, 4.69) is 27.5 Å². The van der Waals surface area contributed by atoms with E-state index in [0.717, 1.165) is 28.0 Å². The molecular weight excluding hydrogens is 260 g/mol. The highest BCUT2D eigenvalue weighted by Crippen LogP contribution is 2.21. The lowest BCUT2D eigenvalue weighted by Crippen LogP contribution is -2.09. The smallest absolute Gasteiger partial charge is 0.132 e. The Hall–Kier alpha value is -1.81. The highest BCUT2D eigenvalue weighted by Gasteiger charge is 2.07. The Kier molecular flexibility index (Phi) is 4.22. The molecular formula is C14H17ClN4. The molecule has 100 valence electrons. The van der Waals surface area contributed by atoms with Crippen LogP contribution in [0.1, 0.15) is 24.4 Å². The molecule has 0 amide bonds. The highest BCUT2D eigenvalue weighted by atomic mass is 35.5. The fourth-order valence-electron chi connectivity index (χ4n) is 1.83. The number of aromatic nitrogens is 2. The van der Waals surface area contributed by atoms with Crippen molar-refractivity contribution in [2.75, 3.05) is 17.7 Å². The molecule has 19 heavy (non-hydrogen) atoms. The molecule has 0 aliphatic carbocycles. The average molecular weight is 277 g/mol. The molecule has 0 saturated carbocycles. The second-order valence-corrected chi connectivity index (χ2v) is 4.79. The van der Waals surface area contributed by atoms with Crippen molar-refractivity contribution in [3.05, 3.63) is 46.7 Å². The quantitative estimate of drug-likeness (QED) is 0.895. The van der Waals surface area contributed by atoms with Gasteiger partial charge in [0.15, 0.2) is 0 Å². The predicted molar refractivity (Wildman–Crippen MR) is 79.8 cm³/mol. The SMILES string of the molecule is CNc1cc(NC(C)c2ccc(Cl)cc2)nc(C)n1. The maximum Gasteiger partial charge on any atom is 0.132 e. The van der Waals surface area contributed by atoms with Gasteiger partial charge in [0.05, 0.1) is 0 Å². The summed E-state index contributed by atoms with van der Waals surface area (Å²) in [7, 11) is 1.84. The summed E-state index contributed by atoms with van der Waals surface area (Å²) in [5.41, 5.74) is 1.16. The largest absolute Gasteiger partial charge is 0.373 e. The Bertz CT molecular complexity index is 554.